The van der Waals surface area contributed by atoms with Crippen LogP contribution in [-0.4, -0.2) is 87.2 Å². The van der Waals surface area contributed by atoms with Crippen LogP contribution in [0.4, 0.5) is 0 Å². The predicted molar refractivity (Wildman–Crippen MR) is 89.3 cm³/mol. The molecule has 2 fully saturated rings. The Morgan fingerprint density at radius 1 is 1.09 bits per heavy atom. The van der Waals surface area contributed by atoms with Crippen molar-refractivity contribution in [2.24, 2.45) is 5.92 Å². The third-order valence-corrected chi connectivity index (χ3v) is 7.28. The summed E-state index contributed by atoms with van der Waals surface area (Å²) >= 11 is 0. The van der Waals surface area contributed by atoms with Crippen LogP contribution in [0.5, 0.6) is 0 Å². The topological polar surface area (TPSA) is 65.4 Å². The summed E-state index contributed by atoms with van der Waals surface area (Å²) in [6.45, 7) is 9.23. The van der Waals surface area contributed by atoms with Gasteiger partial charge in [0, 0.05) is 32.1 Å². The van der Waals surface area contributed by atoms with Crippen LogP contribution in [0.3, 0.4) is 0 Å². The number of carbonyl (C=O) groups is 1. The zero-order chi connectivity index (χ0) is 17.0. The smallest absolute Gasteiger partial charge is 0.281 e. The van der Waals surface area contributed by atoms with Crippen molar-refractivity contribution in [2.45, 2.75) is 26.7 Å². The van der Waals surface area contributed by atoms with Crippen LogP contribution in [-0.2, 0) is 15.0 Å². The minimum absolute atomic E-state index is 0.0171. The van der Waals surface area contributed by atoms with Crippen molar-refractivity contribution in [1.29, 1.82) is 0 Å². The summed E-state index contributed by atoms with van der Waals surface area (Å²) in [5, 5.41) is 0. The molecule has 134 valence electrons. The molecule has 0 unspecified atom stereocenters. The Bertz CT molecular complexity index is 491. The molecule has 23 heavy (non-hydrogen) atoms. The maximum absolute atomic E-state index is 12.6. The normalized spacial score (nSPS) is 22.7. The van der Waals surface area contributed by atoms with Gasteiger partial charge in [-0.05, 0) is 12.8 Å². The van der Waals surface area contributed by atoms with Crippen molar-refractivity contribution in [3.8, 4) is 0 Å². The highest BCUT2D eigenvalue weighted by Crippen LogP contribution is 2.23. The number of carbonyl (C=O) groups excluding carboxylic acids is 1. The number of piperidine rings is 1. The van der Waals surface area contributed by atoms with Crippen molar-refractivity contribution in [2.75, 3.05) is 59.4 Å². The van der Waals surface area contributed by atoms with Gasteiger partial charge in [0.15, 0.2) is 0 Å². The zero-order valence-corrected chi connectivity index (χ0v) is 15.4. The largest absolute Gasteiger partial charge is 0.334 e. The summed E-state index contributed by atoms with van der Waals surface area (Å²) in [5.74, 6) is 0.203. The van der Waals surface area contributed by atoms with Gasteiger partial charge in [0.25, 0.3) is 10.2 Å². The monoisotopic (exact) mass is 347 g/mol. The molecule has 0 spiro atoms. The molecule has 0 aromatic rings. The molecule has 0 radical (unpaired) electrons. The summed E-state index contributed by atoms with van der Waals surface area (Å²) in [6, 6.07) is 0. The van der Waals surface area contributed by atoms with E-state index in [0.717, 1.165) is 26.2 Å². The van der Waals surface area contributed by atoms with E-state index < -0.39 is 10.2 Å². The maximum Gasteiger partial charge on any atom is 0.281 e. The van der Waals surface area contributed by atoms with Crippen molar-refractivity contribution in [1.82, 2.24) is 13.5 Å². The van der Waals surface area contributed by atoms with Gasteiger partial charge >= 0.3 is 0 Å². The van der Waals surface area contributed by atoms with Gasteiger partial charge in [-0.3, -0.25) is 4.79 Å². The Labute approximate surface area is 140 Å². The number of nitrogens with zero attached hydrogens (tertiary/aromatic N) is 3. The molecule has 8 heteroatoms. The van der Waals surface area contributed by atoms with Crippen LogP contribution in [0.25, 0.3) is 0 Å². The van der Waals surface area contributed by atoms with Crippen LogP contribution in [0.1, 0.15) is 26.7 Å². The Morgan fingerprint density at radius 3 is 2.09 bits per heavy atom. The molecule has 2 saturated heterocycles. The molecule has 1 N–H and O–H groups in total. The SMILES string of the molecule is CCN(CC)S(=O)(=O)N1CCC(C(=O)N2CC[NH+](C)CC2)CC1. The average Bonchev–Trinajstić information content (AvgIpc) is 2.56. The molecule has 2 rings (SSSR count). The Kier molecular flexibility index (Phi) is 6.41. The maximum atomic E-state index is 12.6. The average molecular weight is 348 g/mol. The summed E-state index contributed by atoms with van der Waals surface area (Å²) in [5.41, 5.74) is 0. The lowest BCUT2D eigenvalue weighted by Crippen LogP contribution is -3.12. The number of piperazine rings is 1. The molecule has 1 amide bonds. The second-order valence-corrected chi connectivity index (χ2v) is 8.48. The van der Waals surface area contributed by atoms with E-state index in [-0.39, 0.29) is 11.8 Å². The molecule has 7 nitrogen and oxygen atoms in total. The van der Waals surface area contributed by atoms with Gasteiger partial charge in [0.2, 0.25) is 5.91 Å². The molecule has 0 saturated carbocycles. The number of hydrogen-bond acceptors (Lipinski definition) is 3. The number of nitrogens with one attached hydrogen (secondary N) is 1. The van der Waals surface area contributed by atoms with Crippen LogP contribution < -0.4 is 4.90 Å². The molecule has 0 aromatic heterocycles. The molecule has 0 bridgehead atoms. The quantitative estimate of drug-likeness (QED) is 0.668. The molecule has 2 aliphatic heterocycles. The van der Waals surface area contributed by atoms with E-state index >= 15 is 0 Å². The van der Waals surface area contributed by atoms with E-state index in [4.69, 9.17) is 0 Å². The van der Waals surface area contributed by atoms with Crippen molar-refractivity contribution in [3.05, 3.63) is 0 Å². The summed E-state index contributed by atoms with van der Waals surface area (Å²) in [6.07, 6.45) is 1.27. The number of amides is 1. The highest BCUT2D eigenvalue weighted by atomic mass is 32.2. The summed E-state index contributed by atoms with van der Waals surface area (Å²) < 4.78 is 28.1. The van der Waals surface area contributed by atoms with E-state index in [9.17, 15) is 13.2 Å². The lowest BCUT2D eigenvalue weighted by atomic mass is 9.96. The Morgan fingerprint density at radius 2 is 1.61 bits per heavy atom. The summed E-state index contributed by atoms with van der Waals surface area (Å²) in [4.78, 5) is 16.0. The lowest BCUT2D eigenvalue weighted by Gasteiger charge is -2.37. The second kappa shape index (κ2) is 7.92. The first-order valence-electron chi connectivity index (χ1n) is 8.75. The second-order valence-electron chi connectivity index (χ2n) is 6.55. The zero-order valence-electron chi connectivity index (χ0n) is 14.6. The van der Waals surface area contributed by atoms with Gasteiger partial charge in [0.1, 0.15) is 0 Å². The van der Waals surface area contributed by atoms with E-state index in [0.29, 0.717) is 39.0 Å². The Balaban J connectivity index is 1.89. The van der Waals surface area contributed by atoms with Crippen LogP contribution in [0.2, 0.25) is 0 Å². The van der Waals surface area contributed by atoms with Crippen LogP contribution >= 0.6 is 0 Å². The predicted octanol–water partition coefficient (Wildman–Crippen LogP) is -1.36. The first kappa shape index (κ1) is 18.6. The van der Waals surface area contributed by atoms with Crippen molar-refractivity contribution in [3.63, 3.8) is 0 Å². The number of quaternary nitrogens is 1. The van der Waals surface area contributed by atoms with E-state index in [1.165, 1.54) is 13.5 Å². The standard InChI is InChI=1S/C15H30N4O3S/c1-4-18(5-2)23(21,22)19-8-6-14(7-9-19)15(20)17-12-10-16(3)11-13-17/h14H,4-13H2,1-3H3/p+1. The molecular weight excluding hydrogens is 316 g/mol. The van der Waals surface area contributed by atoms with Gasteiger partial charge in [-0.25, -0.2) is 0 Å². The van der Waals surface area contributed by atoms with Gasteiger partial charge in [-0.1, -0.05) is 13.8 Å². The molecule has 0 aliphatic carbocycles. The minimum atomic E-state index is -3.37. The third-order valence-electron chi connectivity index (χ3n) is 5.09. The molecule has 2 aliphatic rings. The Hall–Kier alpha value is -0.700. The number of likely N-dealkylation sites (N-methyl/N-ethyl adjacent to an activating group) is 1. The van der Waals surface area contributed by atoms with E-state index in [1.807, 2.05) is 18.7 Å². The highest BCUT2D eigenvalue weighted by Gasteiger charge is 2.35. The van der Waals surface area contributed by atoms with Crippen molar-refractivity contribution < 1.29 is 18.1 Å². The molecular formula is C15H31N4O3S+. The van der Waals surface area contributed by atoms with E-state index in [2.05, 4.69) is 7.05 Å². The third kappa shape index (κ3) is 4.23. The number of rotatable bonds is 5. The molecule has 0 aromatic carbocycles. The van der Waals surface area contributed by atoms with Crippen molar-refractivity contribution >= 4 is 16.1 Å². The lowest BCUT2D eigenvalue weighted by molar-refractivity contribution is -0.883. The van der Waals surface area contributed by atoms with E-state index in [1.54, 1.807) is 0 Å². The fraction of sp³-hybridized carbons (Fsp3) is 0.933. The minimum Gasteiger partial charge on any atom is -0.334 e. The fourth-order valence-corrected chi connectivity index (χ4v) is 5.07. The van der Waals surface area contributed by atoms with Gasteiger partial charge in [0.05, 0.1) is 33.2 Å². The molecule has 2 heterocycles. The van der Waals surface area contributed by atoms with Crippen LogP contribution in [0, 0.1) is 5.92 Å². The fourth-order valence-electron chi connectivity index (χ4n) is 3.41. The highest BCUT2D eigenvalue weighted by molar-refractivity contribution is 7.86. The molecule has 0 atom stereocenters. The van der Waals surface area contributed by atoms with Gasteiger partial charge < -0.3 is 9.80 Å². The van der Waals surface area contributed by atoms with Gasteiger partial charge in [-0.15, -0.1) is 0 Å². The van der Waals surface area contributed by atoms with Gasteiger partial charge in [-0.2, -0.15) is 17.0 Å². The first-order chi connectivity index (χ1) is 10.9. The number of hydrogen-bond donors (Lipinski definition) is 1. The van der Waals surface area contributed by atoms with Crippen LogP contribution in [0.15, 0.2) is 0 Å². The summed E-state index contributed by atoms with van der Waals surface area (Å²) in [7, 11) is -1.22. The first-order valence-corrected chi connectivity index (χ1v) is 10.1.